The molecule has 2 aliphatic rings. The van der Waals surface area contributed by atoms with Crippen molar-refractivity contribution in [1.29, 1.82) is 0 Å². The normalized spacial score (nSPS) is 34.9. The summed E-state index contributed by atoms with van der Waals surface area (Å²) in [4.78, 5) is 21.8. The molecule has 1 aromatic rings. The molecule has 0 aliphatic carbocycles. The zero-order valence-corrected chi connectivity index (χ0v) is 14.3. The van der Waals surface area contributed by atoms with Crippen molar-refractivity contribution in [2.75, 3.05) is 34.0 Å². The summed E-state index contributed by atoms with van der Waals surface area (Å²) < 4.78 is 40.1. The maximum atomic E-state index is 12.1. The van der Waals surface area contributed by atoms with E-state index in [1.807, 2.05) is 0 Å². The van der Waals surface area contributed by atoms with Crippen LogP contribution in [0.25, 0.3) is 0 Å². The number of phosphoric ester groups is 1. The molecule has 1 N–H and O–H groups in total. The van der Waals surface area contributed by atoms with Crippen LogP contribution in [-0.4, -0.2) is 61.3 Å². The molecule has 134 valence electrons. The van der Waals surface area contributed by atoms with Crippen molar-refractivity contribution in [3.63, 3.8) is 0 Å². The highest BCUT2D eigenvalue weighted by Gasteiger charge is 2.60. The van der Waals surface area contributed by atoms with Crippen LogP contribution in [-0.2, 0) is 27.8 Å². The Morgan fingerprint density at radius 2 is 2.25 bits per heavy atom. The highest BCUT2D eigenvalue weighted by atomic mass is 31.2. The number of rotatable bonds is 6. The van der Waals surface area contributed by atoms with Gasteiger partial charge in [0.05, 0.1) is 25.9 Å². The third kappa shape index (κ3) is 3.09. The fourth-order valence-electron chi connectivity index (χ4n) is 3.19. The van der Waals surface area contributed by atoms with Gasteiger partial charge >= 0.3 is 7.82 Å². The van der Waals surface area contributed by atoms with Gasteiger partial charge in [-0.2, -0.15) is 0 Å². The third-order valence-corrected chi connectivity index (χ3v) is 5.29. The van der Waals surface area contributed by atoms with Crippen LogP contribution in [0.5, 0.6) is 0 Å². The summed E-state index contributed by atoms with van der Waals surface area (Å²) in [7, 11) is -1.71. The van der Waals surface area contributed by atoms with Crippen molar-refractivity contribution in [1.82, 2.24) is 4.57 Å². The van der Waals surface area contributed by atoms with E-state index in [0.717, 1.165) is 7.11 Å². The molecule has 0 amide bonds. The van der Waals surface area contributed by atoms with Crippen LogP contribution < -0.4 is 5.56 Å². The predicted molar refractivity (Wildman–Crippen MR) is 81.7 cm³/mol. The first kappa shape index (κ1) is 17.8. The monoisotopic (exact) mass is 361 g/mol. The van der Waals surface area contributed by atoms with Gasteiger partial charge in [-0.05, 0) is 6.07 Å². The lowest BCUT2D eigenvalue weighted by Crippen LogP contribution is -2.58. The van der Waals surface area contributed by atoms with E-state index < -0.39 is 31.7 Å². The molecule has 1 unspecified atom stereocenters. The zero-order chi connectivity index (χ0) is 17.4. The Hall–Kier alpha value is -1.06. The quantitative estimate of drug-likeness (QED) is 0.723. The molecule has 0 saturated carbocycles. The van der Waals surface area contributed by atoms with Gasteiger partial charge < -0.3 is 23.7 Å². The maximum Gasteiger partial charge on any atom is 0.472 e. The number of fused-ring (bicyclic) bond motifs is 2. The average molecular weight is 361 g/mol. The number of pyridine rings is 1. The second kappa shape index (κ2) is 6.68. The minimum atomic E-state index is -4.28. The number of nitrogens with zero attached hydrogens (tertiary/aromatic N) is 1. The second-order valence-corrected chi connectivity index (χ2v) is 7.29. The highest BCUT2D eigenvalue weighted by Crippen LogP contribution is 2.51. The molecule has 3 heterocycles. The minimum Gasteiger partial charge on any atom is -0.381 e. The predicted octanol–water partition coefficient (Wildman–Crippen LogP) is 0.336. The van der Waals surface area contributed by atoms with Gasteiger partial charge in [-0.15, -0.1) is 0 Å². The first-order valence-corrected chi connectivity index (χ1v) is 8.90. The number of hydrogen-bond acceptors (Lipinski definition) is 7. The molecular weight excluding hydrogens is 341 g/mol. The Kier molecular flexibility index (Phi) is 4.94. The van der Waals surface area contributed by atoms with E-state index in [4.69, 9.17) is 18.7 Å². The largest absolute Gasteiger partial charge is 0.472 e. The summed E-state index contributed by atoms with van der Waals surface area (Å²) in [6.07, 6.45) is 0.0523. The Labute approximate surface area is 138 Å². The van der Waals surface area contributed by atoms with E-state index in [9.17, 15) is 14.3 Å². The molecule has 3 rings (SSSR count). The molecule has 0 aromatic carbocycles. The smallest absolute Gasteiger partial charge is 0.381 e. The minimum absolute atomic E-state index is 0.119. The Morgan fingerprint density at radius 3 is 2.92 bits per heavy atom. The molecule has 2 fully saturated rings. The number of methoxy groups -OCH3 is 1. The molecule has 0 spiro atoms. The van der Waals surface area contributed by atoms with Gasteiger partial charge in [0.2, 0.25) is 0 Å². The Morgan fingerprint density at radius 1 is 1.46 bits per heavy atom. The standard InChI is InChI=1S/C14H20NO8P/c1-19-8-14-9-21-12(13(14)23-24(17,18)20-2)10(7-22-14)15-6-4-3-5-11(15)16/h3-6,10,12-13H,7-9H2,1-2H3,(H,17,18)/t10-,12-,13+,14+/m1/s1. The van der Waals surface area contributed by atoms with Gasteiger partial charge in [-0.25, -0.2) is 4.57 Å². The van der Waals surface area contributed by atoms with Crippen molar-refractivity contribution < 1.29 is 32.7 Å². The van der Waals surface area contributed by atoms with Gasteiger partial charge in [0.1, 0.15) is 17.8 Å². The van der Waals surface area contributed by atoms with E-state index in [-0.39, 0.29) is 25.4 Å². The van der Waals surface area contributed by atoms with Crippen molar-refractivity contribution in [2.45, 2.75) is 23.9 Å². The van der Waals surface area contributed by atoms with E-state index in [1.165, 1.54) is 17.7 Å². The number of ether oxygens (including phenoxy) is 3. The van der Waals surface area contributed by atoms with Crippen molar-refractivity contribution >= 4 is 7.82 Å². The van der Waals surface area contributed by atoms with Crippen LogP contribution in [0.2, 0.25) is 0 Å². The van der Waals surface area contributed by atoms with Crippen LogP contribution in [0, 0.1) is 0 Å². The molecule has 2 aliphatic heterocycles. The zero-order valence-electron chi connectivity index (χ0n) is 13.4. The summed E-state index contributed by atoms with van der Waals surface area (Å²) in [6, 6.07) is 4.28. The van der Waals surface area contributed by atoms with Crippen LogP contribution in [0.1, 0.15) is 6.04 Å². The summed E-state index contributed by atoms with van der Waals surface area (Å²) >= 11 is 0. The molecule has 10 heteroatoms. The second-order valence-electron chi connectivity index (χ2n) is 5.78. The van der Waals surface area contributed by atoms with Gasteiger partial charge in [0.25, 0.3) is 5.56 Å². The fraction of sp³-hybridized carbons (Fsp3) is 0.643. The average Bonchev–Trinajstić information content (AvgIpc) is 2.77. The van der Waals surface area contributed by atoms with Gasteiger partial charge in [-0.3, -0.25) is 13.8 Å². The molecule has 2 saturated heterocycles. The van der Waals surface area contributed by atoms with Gasteiger partial charge in [-0.1, -0.05) is 6.07 Å². The molecule has 24 heavy (non-hydrogen) atoms. The SMILES string of the molecule is COC[C@@]12CO[C@H]([C@H](n3ccccc3=O)CO1)[C@@H]2OP(=O)(O)OC. The van der Waals surface area contributed by atoms with Crippen molar-refractivity contribution in [2.24, 2.45) is 0 Å². The molecular formula is C14H20NO8P. The van der Waals surface area contributed by atoms with E-state index in [0.29, 0.717) is 0 Å². The number of aromatic nitrogens is 1. The summed E-state index contributed by atoms with van der Waals surface area (Å²) in [6.45, 7) is 0.437. The van der Waals surface area contributed by atoms with E-state index >= 15 is 0 Å². The molecule has 9 nitrogen and oxygen atoms in total. The van der Waals surface area contributed by atoms with Crippen molar-refractivity contribution in [3.8, 4) is 0 Å². The molecule has 1 aromatic heterocycles. The highest BCUT2D eigenvalue weighted by molar-refractivity contribution is 7.47. The van der Waals surface area contributed by atoms with Crippen LogP contribution in [0.4, 0.5) is 0 Å². The van der Waals surface area contributed by atoms with Gasteiger partial charge in [0, 0.05) is 26.5 Å². The lowest BCUT2D eigenvalue weighted by Gasteiger charge is -2.41. The van der Waals surface area contributed by atoms with E-state index in [1.54, 1.807) is 18.3 Å². The first-order valence-electron chi connectivity index (χ1n) is 7.41. The molecule has 5 atom stereocenters. The Bertz CT molecular complexity index is 693. The molecule has 2 bridgehead atoms. The number of phosphoric acid groups is 1. The molecule has 0 radical (unpaired) electrons. The van der Waals surface area contributed by atoms with Crippen molar-refractivity contribution in [3.05, 3.63) is 34.7 Å². The summed E-state index contributed by atoms with van der Waals surface area (Å²) in [5.41, 5.74) is -1.25. The van der Waals surface area contributed by atoms with Gasteiger partial charge in [0.15, 0.2) is 0 Å². The number of hydrogen-bond donors (Lipinski definition) is 1. The van der Waals surface area contributed by atoms with Crippen LogP contribution >= 0.6 is 7.82 Å². The van der Waals surface area contributed by atoms with Crippen LogP contribution in [0.3, 0.4) is 0 Å². The lowest BCUT2D eigenvalue weighted by molar-refractivity contribution is -0.166. The topological polar surface area (TPSA) is 105 Å². The third-order valence-electron chi connectivity index (χ3n) is 4.33. The summed E-state index contributed by atoms with van der Waals surface area (Å²) in [5, 5.41) is 0. The Balaban J connectivity index is 1.95. The lowest BCUT2D eigenvalue weighted by atomic mass is 9.90. The summed E-state index contributed by atoms with van der Waals surface area (Å²) in [5.74, 6) is 0. The first-order chi connectivity index (χ1) is 11.4. The van der Waals surface area contributed by atoms with E-state index in [2.05, 4.69) is 4.52 Å². The maximum absolute atomic E-state index is 12.1. The van der Waals surface area contributed by atoms with Crippen LogP contribution in [0.15, 0.2) is 29.2 Å². The fourth-order valence-corrected chi connectivity index (χ4v) is 3.88.